The van der Waals surface area contributed by atoms with Crippen LogP contribution in [0.15, 0.2) is 24.3 Å². The van der Waals surface area contributed by atoms with Crippen LogP contribution in [0.4, 0.5) is 4.39 Å². The van der Waals surface area contributed by atoms with Crippen molar-refractivity contribution in [2.45, 2.75) is 38.6 Å². The monoisotopic (exact) mass is 300 g/mol. The number of halogens is 2. The summed E-state index contributed by atoms with van der Waals surface area (Å²) in [4.78, 5) is 2.52. The van der Waals surface area contributed by atoms with E-state index in [1.807, 2.05) is 12.1 Å². The van der Waals surface area contributed by atoms with E-state index in [0.29, 0.717) is 17.9 Å². The van der Waals surface area contributed by atoms with Gasteiger partial charge in [-0.15, -0.1) is 12.4 Å². The number of rotatable bonds is 4. The van der Waals surface area contributed by atoms with Crippen LogP contribution in [0.2, 0.25) is 0 Å². The second-order valence-electron chi connectivity index (χ2n) is 5.87. The highest BCUT2D eigenvalue weighted by atomic mass is 35.5. The fourth-order valence-corrected chi connectivity index (χ4v) is 3.19. The predicted octanol–water partition coefficient (Wildman–Crippen LogP) is 3.41. The molecule has 2 rings (SSSR count). The van der Waals surface area contributed by atoms with Crippen LogP contribution < -0.4 is 5.73 Å². The Bertz CT molecular complexity index is 396. The van der Waals surface area contributed by atoms with E-state index in [1.165, 1.54) is 18.4 Å². The van der Waals surface area contributed by atoms with Gasteiger partial charge in [-0.25, -0.2) is 4.39 Å². The van der Waals surface area contributed by atoms with Gasteiger partial charge in [0, 0.05) is 19.1 Å². The minimum Gasteiger partial charge on any atom is -0.329 e. The summed E-state index contributed by atoms with van der Waals surface area (Å²) in [5.41, 5.74) is 7.13. The van der Waals surface area contributed by atoms with E-state index in [4.69, 9.17) is 5.73 Å². The number of hydrogen-bond donors (Lipinski definition) is 1. The van der Waals surface area contributed by atoms with Crippen molar-refractivity contribution >= 4 is 12.4 Å². The van der Waals surface area contributed by atoms with Gasteiger partial charge in [0.25, 0.3) is 0 Å². The van der Waals surface area contributed by atoms with Gasteiger partial charge in [-0.05, 0) is 48.9 Å². The zero-order valence-corrected chi connectivity index (χ0v) is 13.2. The van der Waals surface area contributed by atoms with Crippen molar-refractivity contribution in [3.8, 4) is 0 Å². The number of piperidine rings is 1. The van der Waals surface area contributed by atoms with Crippen molar-refractivity contribution in [2.75, 3.05) is 19.6 Å². The number of hydrogen-bond acceptors (Lipinski definition) is 2. The van der Waals surface area contributed by atoms with Gasteiger partial charge >= 0.3 is 0 Å². The zero-order chi connectivity index (χ0) is 13.8. The molecule has 0 aliphatic carbocycles. The summed E-state index contributed by atoms with van der Waals surface area (Å²) >= 11 is 0. The van der Waals surface area contributed by atoms with Crippen LogP contribution >= 0.6 is 12.4 Å². The molecule has 1 fully saturated rings. The molecule has 1 aliphatic rings. The summed E-state index contributed by atoms with van der Waals surface area (Å²) in [6.07, 6.45) is 2.54. The molecular weight excluding hydrogens is 275 g/mol. The van der Waals surface area contributed by atoms with Crippen LogP contribution in [-0.4, -0.2) is 30.6 Å². The maximum atomic E-state index is 12.9. The minimum absolute atomic E-state index is 0. The van der Waals surface area contributed by atoms with E-state index in [2.05, 4.69) is 18.7 Å². The smallest absolute Gasteiger partial charge is 0.123 e. The fourth-order valence-electron chi connectivity index (χ4n) is 3.19. The van der Waals surface area contributed by atoms with Gasteiger partial charge in [0.05, 0.1) is 0 Å². The largest absolute Gasteiger partial charge is 0.329 e. The van der Waals surface area contributed by atoms with Crippen LogP contribution in [0.25, 0.3) is 0 Å². The molecule has 1 aromatic carbocycles. The highest BCUT2D eigenvalue weighted by Gasteiger charge is 2.28. The number of benzene rings is 1. The van der Waals surface area contributed by atoms with Gasteiger partial charge in [-0.2, -0.15) is 0 Å². The van der Waals surface area contributed by atoms with Crippen molar-refractivity contribution in [3.63, 3.8) is 0 Å². The lowest BCUT2D eigenvalue weighted by Gasteiger charge is -2.40. The van der Waals surface area contributed by atoms with Gasteiger partial charge in [0.15, 0.2) is 0 Å². The van der Waals surface area contributed by atoms with Crippen LogP contribution in [0.5, 0.6) is 0 Å². The predicted molar refractivity (Wildman–Crippen MR) is 84.9 cm³/mol. The highest BCUT2D eigenvalue weighted by molar-refractivity contribution is 5.85. The summed E-state index contributed by atoms with van der Waals surface area (Å²) in [6, 6.07) is 7.38. The molecule has 1 heterocycles. The van der Waals surface area contributed by atoms with Crippen molar-refractivity contribution in [3.05, 3.63) is 35.6 Å². The molecule has 2 N–H and O–H groups in total. The van der Waals surface area contributed by atoms with E-state index in [9.17, 15) is 4.39 Å². The quantitative estimate of drug-likeness (QED) is 0.923. The Labute approximate surface area is 127 Å². The molecule has 0 radical (unpaired) electrons. The topological polar surface area (TPSA) is 29.3 Å². The molecule has 2 nitrogen and oxygen atoms in total. The molecule has 1 aromatic rings. The lowest BCUT2D eigenvalue weighted by atomic mass is 9.89. The average Bonchev–Trinajstić information content (AvgIpc) is 2.39. The molecule has 1 aliphatic heterocycles. The Hall–Kier alpha value is -0.640. The van der Waals surface area contributed by atoms with Crippen molar-refractivity contribution in [1.82, 2.24) is 4.90 Å². The highest BCUT2D eigenvalue weighted by Crippen LogP contribution is 2.26. The third-order valence-electron chi connectivity index (χ3n) is 4.42. The molecule has 3 atom stereocenters. The van der Waals surface area contributed by atoms with E-state index in [1.54, 1.807) is 12.1 Å². The summed E-state index contributed by atoms with van der Waals surface area (Å²) in [5, 5.41) is 0. The summed E-state index contributed by atoms with van der Waals surface area (Å²) in [5.74, 6) is 0.932. The normalized spacial score (nSPS) is 25.0. The first-order valence-corrected chi connectivity index (χ1v) is 7.31. The first-order chi connectivity index (χ1) is 9.11. The van der Waals surface area contributed by atoms with Crippen LogP contribution in [-0.2, 0) is 0 Å². The lowest BCUT2D eigenvalue weighted by molar-refractivity contribution is 0.101. The average molecular weight is 301 g/mol. The van der Waals surface area contributed by atoms with E-state index < -0.39 is 0 Å². The van der Waals surface area contributed by atoms with Crippen molar-refractivity contribution in [2.24, 2.45) is 11.7 Å². The summed E-state index contributed by atoms with van der Waals surface area (Å²) in [6.45, 7) is 7.39. The molecule has 114 valence electrons. The van der Waals surface area contributed by atoms with E-state index in [-0.39, 0.29) is 18.2 Å². The van der Waals surface area contributed by atoms with Gasteiger partial charge < -0.3 is 5.73 Å². The molecule has 0 spiro atoms. The maximum absolute atomic E-state index is 12.9. The van der Waals surface area contributed by atoms with Crippen molar-refractivity contribution in [1.29, 1.82) is 0 Å². The Morgan fingerprint density at radius 2 is 2.00 bits per heavy atom. The van der Waals surface area contributed by atoms with Gasteiger partial charge in [-0.3, -0.25) is 4.90 Å². The zero-order valence-electron chi connectivity index (χ0n) is 12.4. The molecule has 0 amide bonds. The molecule has 3 unspecified atom stereocenters. The number of nitrogens with zero attached hydrogens (tertiary/aromatic N) is 1. The molecule has 1 saturated heterocycles. The van der Waals surface area contributed by atoms with Crippen LogP contribution in [0.1, 0.15) is 38.2 Å². The first-order valence-electron chi connectivity index (χ1n) is 7.31. The molecule has 0 bridgehead atoms. The second-order valence-corrected chi connectivity index (χ2v) is 5.87. The third-order valence-corrected chi connectivity index (χ3v) is 4.42. The summed E-state index contributed by atoms with van der Waals surface area (Å²) < 4.78 is 12.9. The maximum Gasteiger partial charge on any atom is 0.123 e. The molecule has 0 aromatic heterocycles. The first kappa shape index (κ1) is 17.4. The Morgan fingerprint density at radius 3 is 2.60 bits per heavy atom. The van der Waals surface area contributed by atoms with Gasteiger partial charge in [0.2, 0.25) is 0 Å². The van der Waals surface area contributed by atoms with Gasteiger partial charge in [0.1, 0.15) is 5.82 Å². The Balaban J connectivity index is 0.00000200. The molecular formula is C16H26ClFN2. The third kappa shape index (κ3) is 4.18. The van der Waals surface area contributed by atoms with Crippen LogP contribution in [0, 0.1) is 11.7 Å². The molecule has 20 heavy (non-hydrogen) atoms. The Morgan fingerprint density at radius 1 is 1.35 bits per heavy atom. The second kappa shape index (κ2) is 7.96. The fraction of sp³-hybridized carbons (Fsp3) is 0.625. The summed E-state index contributed by atoms with van der Waals surface area (Å²) in [7, 11) is 0. The van der Waals surface area contributed by atoms with E-state index >= 15 is 0 Å². The Kier molecular flexibility index (Phi) is 6.93. The van der Waals surface area contributed by atoms with Crippen molar-refractivity contribution < 1.29 is 4.39 Å². The minimum atomic E-state index is -0.164. The van der Waals surface area contributed by atoms with Gasteiger partial charge in [-0.1, -0.05) is 26.0 Å². The number of likely N-dealkylation sites (tertiary alicyclic amines) is 1. The molecule has 4 heteroatoms. The van der Waals surface area contributed by atoms with Crippen LogP contribution in [0.3, 0.4) is 0 Å². The molecule has 0 saturated carbocycles. The number of nitrogens with two attached hydrogens (primary N) is 1. The lowest BCUT2D eigenvalue weighted by Crippen LogP contribution is -2.49. The SMILES string of the molecule is CC(CN1CCCC(C)C1CN)c1ccc(F)cc1.Cl. The standard InChI is InChI=1S/C16H25FN2.ClH/c1-12-4-3-9-19(16(12)10-18)11-13(2)14-5-7-15(17)8-6-14;/h5-8,12-13,16H,3-4,9-11,18H2,1-2H3;1H. The van der Waals surface area contributed by atoms with E-state index in [0.717, 1.165) is 19.6 Å².